The van der Waals surface area contributed by atoms with Crippen LogP contribution in [0.1, 0.15) is 25.5 Å². The van der Waals surface area contributed by atoms with Crippen LogP contribution >= 0.6 is 0 Å². The molecule has 2 aromatic carbocycles. The van der Waals surface area contributed by atoms with E-state index < -0.39 is 29.0 Å². The van der Waals surface area contributed by atoms with Crippen molar-refractivity contribution in [3.63, 3.8) is 0 Å². The first-order valence-corrected chi connectivity index (χ1v) is 9.59. The number of benzene rings is 2. The Morgan fingerprint density at radius 1 is 1.11 bits per heavy atom. The van der Waals surface area contributed by atoms with Gasteiger partial charge in [0.1, 0.15) is 17.6 Å². The third-order valence-electron chi connectivity index (χ3n) is 3.78. The van der Waals surface area contributed by atoms with Gasteiger partial charge in [-0.15, -0.1) is 0 Å². The van der Waals surface area contributed by atoms with Gasteiger partial charge in [-0.25, -0.2) is 13.3 Å². The van der Waals surface area contributed by atoms with E-state index in [1.807, 2.05) is 0 Å². The lowest BCUT2D eigenvalue weighted by Crippen LogP contribution is -2.36. The molecule has 3 nitrogen and oxygen atoms in total. The molecule has 0 spiro atoms. The fourth-order valence-corrected chi connectivity index (χ4v) is 3.80. The van der Waals surface area contributed by atoms with Crippen molar-refractivity contribution in [2.75, 3.05) is 12.9 Å². The predicted molar refractivity (Wildman–Crippen MR) is 98.2 cm³/mol. The van der Waals surface area contributed by atoms with Crippen molar-refractivity contribution in [2.45, 2.75) is 26.1 Å². The standard InChI is InChI=1S/C19H21F4NO2S/c1-12(2)11-27(25)24-18(19(21,22)23)14-6-4-13(5-7-14)16-10-15(20)8-9-17(16)26-3/h4-10,12,18,24H,11H2,1-3H3. The summed E-state index contributed by atoms with van der Waals surface area (Å²) >= 11 is 0. The Kier molecular flexibility index (Phi) is 7.00. The molecule has 148 valence electrons. The molecule has 0 aliphatic rings. The van der Waals surface area contributed by atoms with Crippen LogP contribution < -0.4 is 9.46 Å². The van der Waals surface area contributed by atoms with Crippen LogP contribution in [0, 0.1) is 11.7 Å². The zero-order chi connectivity index (χ0) is 20.2. The minimum Gasteiger partial charge on any atom is -0.496 e. The van der Waals surface area contributed by atoms with Gasteiger partial charge in [-0.05, 0) is 35.2 Å². The lowest BCUT2D eigenvalue weighted by atomic mass is 10.00. The summed E-state index contributed by atoms with van der Waals surface area (Å²) in [5.41, 5.74) is 0.877. The second-order valence-electron chi connectivity index (χ2n) is 6.47. The Morgan fingerprint density at radius 3 is 2.26 bits per heavy atom. The van der Waals surface area contributed by atoms with Crippen molar-refractivity contribution in [1.29, 1.82) is 0 Å². The molecular formula is C19H21F4NO2S. The Balaban J connectivity index is 2.32. The largest absolute Gasteiger partial charge is 0.496 e. The van der Waals surface area contributed by atoms with Gasteiger partial charge < -0.3 is 4.74 Å². The lowest BCUT2D eigenvalue weighted by molar-refractivity contribution is -0.152. The number of halogens is 4. The molecule has 0 radical (unpaired) electrons. The van der Waals surface area contributed by atoms with Crippen molar-refractivity contribution in [3.05, 3.63) is 53.8 Å². The highest BCUT2D eigenvalue weighted by Gasteiger charge is 2.41. The van der Waals surface area contributed by atoms with Gasteiger partial charge in [0.25, 0.3) is 0 Å². The zero-order valence-electron chi connectivity index (χ0n) is 15.1. The van der Waals surface area contributed by atoms with E-state index in [9.17, 15) is 21.8 Å². The van der Waals surface area contributed by atoms with Gasteiger partial charge >= 0.3 is 6.18 Å². The number of hydrogen-bond donors (Lipinski definition) is 1. The van der Waals surface area contributed by atoms with Gasteiger partial charge in [0.05, 0.1) is 18.1 Å². The molecule has 0 amide bonds. The maximum Gasteiger partial charge on any atom is 0.408 e. The molecule has 0 aliphatic carbocycles. The third-order valence-corrected chi connectivity index (χ3v) is 5.25. The molecule has 2 rings (SSSR count). The zero-order valence-corrected chi connectivity index (χ0v) is 16.0. The number of methoxy groups -OCH3 is 1. The Morgan fingerprint density at radius 2 is 1.74 bits per heavy atom. The van der Waals surface area contributed by atoms with Crippen LogP contribution in [-0.2, 0) is 11.0 Å². The SMILES string of the molecule is COc1ccc(F)cc1-c1ccc(C(NS(=O)CC(C)C)C(F)(F)F)cc1. The van der Waals surface area contributed by atoms with Crippen LogP contribution in [0.15, 0.2) is 42.5 Å². The van der Waals surface area contributed by atoms with Gasteiger partial charge in [0, 0.05) is 11.3 Å². The van der Waals surface area contributed by atoms with Crippen LogP contribution in [0.5, 0.6) is 5.75 Å². The minimum atomic E-state index is -4.61. The molecule has 0 aromatic heterocycles. The first kappa shape index (κ1) is 21.4. The van der Waals surface area contributed by atoms with Crippen molar-refractivity contribution >= 4 is 11.0 Å². The van der Waals surface area contributed by atoms with Crippen molar-refractivity contribution in [2.24, 2.45) is 5.92 Å². The molecule has 1 N–H and O–H groups in total. The monoisotopic (exact) mass is 403 g/mol. The summed E-state index contributed by atoms with van der Waals surface area (Å²) < 4.78 is 73.1. The summed E-state index contributed by atoms with van der Waals surface area (Å²) in [4.78, 5) is 0. The maximum absolute atomic E-state index is 13.5. The molecule has 27 heavy (non-hydrogen) atoms. The summed E-state index contributed by atoms with van der Waals surface area (Å²) in [6.07, 6.45) is -4.61. The van der Waals surface area contributed by atoms with Crippen LogP contribution in [0.3, 0.4) is 0 Å². The van der Waals surface area contributed by atoms with Crippen molar-refractivity contribution in [3.8, 4) is 16.9 Å². The lowest BCUT2D eigenvalue weighted by Gasteiger charge is -2.22. The molecule has 0 fully saturated rings. The molecule has 0 bridgehead atoms. The summed E-state index contributed by atoms with van der Waals surface area (Å²) in [6, 6.07) is 7.38. The van der Waals surface area contributed by atoms with E-state index in [-0.39, 0.29) is 17.2 Å². The molecule has 8 heteroatoms. The van der Waals surface area contributed by atoms with Crippen LogP contribution in [-0.4, -0.2) is 23.2 Å². The number of alkyl halides is 3. The van der Waals surface area contributed by atoms with Gasteiger partial charge in [0.2, 0.25) is 0 Å². The normalized spacial score (nSPS) is 14.2. The molecular weight excluding hydrogens is 382 g/mol. The minimum absolute atomic E-state index is 0.00460. The van der Waals surface area contributed by atoms with E-state index in [1.54, 1.807) is 13.8 Å². The molecule has 0 heterocycles. The van der Waals surface area contributed by atoms with E-state index in [1.165, 1.54) is 49.6 Å². The van der Waals surface area contributed by atoms with Gasteiger partial charge in [-0.1, -0.05) is 38.1 Å². The fourth-order valence-electron chi connectivity index (χ4n) is 2.57. The van der Waals surface area contributed by atoms with E-state index in [2.05, 4.69) is 4.72 Å². The molecule has 0 saturated heterocycles. The molecule has 0 saturated carbocycles. The Hall–Kier alpha value is -1.93. The Labute approximate surface area is 158 Å². The second-order valence-corrected chi connectivity index (χ2v) is 7.73. The van der Waals surface area contributed by atoms with Gasteiger partial charge in [-0.2, -0.15) is 13.2 Å². The fraction of sp³-hybridized carbons (Fsp3) is 0.368. The summed E-state index contributed by atoms with van der Waals surface area (Å²) in [7, 11) is -0.387. The first-order valence-electron chi connectivity index (χ1n) is 8.27. The predicted octanol–water partition coefficient (Wildman–Crippen LogP) is 5.01. The molecule has 2 unspecified atom stereocenters. The average molecular weight is 403 g/mol. The molecule has 0 aliphatic heterocycles. The summed E-state index contributed by atoms with van der Waals surface area (Å²) in [5.74, 6) is 0.0436. The number of ether oxygens (including phenoxy) is 1. The number of nitrogens with one attached hydrogen (secondary N) is 1. The van der Waals surface area contributed by atoms with Gasteiger partial charge in [0.15, 0.2) is 0 Å². The van der Waals surface area contributed by atoms with Crippen LogP contribution in [0.4, 0.5) is 17.6 Å². The topological polar surface area (TPSA) is 38.3 Å². The highest BCUT2D eigenvalue weighted by molar-refractivity contribution is 7.83. The summed E-state index contributed by atoms with van der Waals surface area (Å²) in [6.45, 7) is 3.56. The highest BCUT2D eigenvalue weighted by Crippen LogP contribution is 2.35. The summed E-state index contributed by atoms with van der Waals surface area (Å²) in [5, 5.41) is 0. The van der Waals surface area contributed by atoms with Crippen molar-refractivity contribution < 1.29 is 26.5 Å². The Bertz CT molecular complexity index is 791. The molecule has 2 aromatic rings. The van der Waals surface area contributed by atoms with E-state index in [0.717, 1.165) is 0 Å². The first-order chi connectivity index (χ1) is 12.6. The van der Waals surface area contributed by atoms with E-state index >= 15 is 0 Å². The van der Waals surface area contributed by atoms with Gasteiger partial charge in [-0.3, -0.25) is 0 Å². The van der Waals surface area contributed by atoms with Crippen molar-refractivity contribution in [1.82, 2.24) is 4.72 Å². The number of rotatable bonds is 7. The highest BCUT2D eigenvalue weighted by atomic mass is 32.2. The van der Waals surface area contributed by atoms with E-state index in [0.29, 0.717) is 16.9 Å². The maximum atomic E-state index is 13.5. The average Bonchev–Trinajstić information content (AvgIpc) is 2.58. The third kappa shape index (κ3) is 5.77. The van der Waals surface area contributed by atoms with E-state index in [4.69, 9.17) is 4.74 Å². The molecule has 2 atom stereocenters. The number of hydrogen-bond acceptors (Lipinski definition) is 2. The second kappa shape index (κ2) is 8.84. The van der Waals surface area contributed by atoms with Crippen LogP contribution in [0.25, 0.3) is 11.1 Å². The van der Waals surface area contributed by atoms with Crippen LogP contribution in [0.2, 0.25) is 0 Å². The smallest absolute Gasteiger partial charge is 0.408 e. The quantitative estimate of drug-likeness (QED) is 0.660.